The number of ether oxygens (including phenoxy) is 2. The van der Waals surface area contributed by atoms with Gasteiger partial charge in [-0.2, -0.15) is 18.3 Å². The lowest BCUT2D eigenvalue weighted by molar-refractivity contribution is -0.141. The van der Waals surface area contributed by atoms with Gasteiger partial charge >= 0.3 is 6.18 Å². The summed E-state index contributed by atoms with van der Waals surface area (Å²) >= 11 is 0.978. The number of aryl methyl sites for hydroxylation is 2. The maximum absolute atomic E-state index is 13.4. The number of alkyl halides is 3. The molecular weight excluding hydrogens is 459 g/mol. The van der Waals surface area contributed by atoms with Crippen molar-refractivity contribution >= 4 is 23.4 Å². The van der Waals surface area contributed by atoms with Crippen LogP contribution in [0.1, 0.15) is 23.5 Å². The number of aromatic nitrogens is 4. The smallest absolute Gasteiger partial charge is 0.433 e. The van der Waals surface area contributed by atoms with E-state index in [9.17, 15) is 18.0 Å². The molecule has 0 saturated carbocycles. The number of carbonyl (C=O) groups is 1. The van der Waals surface area contributed by atoms with Crippen LogP contribution in [0.15, 0.2) is 29.4 Å². The van der Waals surface area contributed by atoms with E-state index in [-0.39, 0.29) is 35.7 Å². The Morgan fingerprint density at radius 1 is 1.18 bits per heavy atom. The average molecular weight is 479 g/mol. The van der Waals surface area contributed by atoms with Crippen molar-refractivity contribution in [2.24, 2.45) is 7.05 Å². The second-order valence-electron chi connectivity index (χ2n) is 7.30. The van der Waals surface area contributed by atoms with Crippen molar-refractivity contribution < 1.29 is 27.4 Å². The highest BCUT2D eigenvalue weighted by Crippen LogP contribution is 2.37. The number of hydrogen-bond donors (Lipinski definition) is 1. The molecule has 1 aliphatic heterocycles. The minimum Gasteiger partial charge on any atom is -0.454 e. The predicted molar refractivity (Wildman–Crippen MR) is 115 cm³/mol. The summed E-state index contributed by atoms with van der Waals surface area (Å²) in [5.41, 5.74) is 1.61. The number of nitrogens with zero attached hydrogens (tertiary/aromatic N) is 4. The summed E-state index contributed by atoms with van der Waals surface area (Å²) in [4.78, 5) is 20.2. The summed E-state index contributed by atoms with van der Waals surface area (Å²) < 4.78 is 52.5. The highest BCUT2D eigenvalue weighted by atomic mass is 32.2. The molecule has 1 amide bonds. The van der Waals surface area contributed by atoms with Crippen LogP contribution in [0.2, 0.25) is 0 Å². The van der Waals surface area contributed by atoms with E-state index in [2.05, 4.69) is 20.4 Å². The normalized spacial score (nSPS) is 12.8. The third-order valence-corrected chi connectivity index (χ3v) is 5.85. The molecule has 0 aliphatic carbocycles. The average Bonchev–Trinajstić information content (AvgIpc) is 3.32. The van der Waals surface area contributed by atoms with Crippen LogP contribution < -0.4 is 14.8 Å². The van der Waals surface area contributed by atoms with Crippen molar-refractivity contribution in [3.8, 4) is 22.8 Å². The molecular formula is C21H20F3N5O3S. The number of fused-ring (bicyclic) bond motifs is 1. The number of benzene rings is 1. The van der Waals surface area contributed by atoms with Crippen LogP contribution in [0.5, 0.6) is 11.5 Å². The zero-order valence-electron chi connectivity index (χ0n) is 18.0. The number of thioether (sulfide) groups is 1. The fourth-order valence-corrected chi connectivity index (χ4v) is 4.03. The van der Waals surface area contributed by atoms with Crippen molar-refractivity contribution in [3.63, 3.8) is 0 Å². The highest BCUT2D eigenvalue weighted by molar-refractivity contribution is 7.99. The van der Waals surface area contributed by atoms with Gasteiger partial charge in [-0.1, -0.05) is 11.8 Å². The molecule has 0 fully saturated rings. The third-order valence-electron chi connectivity index (χ3n) is 5.00. The first kappa shape index (κ1) is 22.9. The van der Waals surface area contributed by atoms with Gasteiger partial charge in [0.2, 0.25) is 12.7 Å². The molecule has 1 aliphatic rings. The summed E-state index contributed by atoms with van der Waals surface area (Å²) in [6.07, 6.45) is -4.58. The van der Waals surface area contributed by atoms with Crippen LogP contribution >= 0.6 is 11.8 Å². The summed E-state index contributed by atoms with van der Waals surface area (Å²) in [5, 5.41) is 6.97. The van der Waals surface area contributed by atoms with Crippen molar-refractivity contribution in [2.75, 3.05) is 17.9 Å². The minimum atomic E-state index is -4.64. The van der Waals surface area contributed by atoms with Gasteiger partial charge in [-0.25, -0.2) is 9.97 Å². The van der Waals surface area contributed by atoms with E-state index in [1.165, 1.54) is 0 Å². The van der Waals surface area contributed by atoms with E-state index in [0.717, 1.165) is 23.5 Å². The number of anilines is 1. The molecule has 1 N–H and O–H groups in total. The Bertz CT molecular complexity index is 1210. The molecule has 0 saturated heterocycles. The van der Waals surface area contributed by atoms with Gasteiger partial charge < -0.3 is 14.8 Å². The van der Waals surface area contributed by atoms with Gasteiger partial charge in [0.15, 0.2) is 16.7 Å². The summed E-state index contributed by atoms with van der Waals surface area (Å²) in [5.74, 6) is 0.881. The minimum absolute atomic E-state index is 0.0532. The Morgan fingerprint density at radius 3 is 2.64 bits per heavy atom. The maximum atomic E-state index is 13.4. The van der Waals surface area contributed by atoms with E-state index >= 15 is 0 Å². The number of carbonyl (C=O) groups excluding carboxylic acids is 1. The molecule has 0 atom stereocenters. The summed E-state index contributed by atoms with van der Waals surface area (Å²) in [6.45, 7) is 3.67. The van der Waals surface area contributed by atoms with E-state index in [0.29, 0.717) is 28.4 Å². The van der Waals surface area contributed by atoms with Crippen LogP contribution in [-0.2, 0) is 18.0 Å². The summed E-state index contributed by atoms with van der Waals surface area (Å²) in [6, 6.07) is 5.69. The number of hydrogen-bond acceptors (Lipinski definition) is 7. The lowest BCUT2D eigenvalue weighted by atomic mass is 10.1. The van der Waals surface area contributed by atoms with Gasteiger partial charge in [-0.05, 0) is 38.1 Å². The van der Waals surface area contributed by atoms with Gasteiger partial charge in [0.05, 0.1) is 22.8 Å². The quantitative estimate of drug-likeness (QED) is 0.415. The topological polar surface area (TPSA) is 91.2 Å². The SMILES string of the molecule is Cc1nn(C)c(C)c1NC(=O)CCSc1nc(-c2ccc3c(c2)OCO3)cc(C(F)(F)F)n1. The Balaban J connectivity index is 1.49. The van der Waals surface area contributed by atoms with E-state index < -0.39 is 11.9 Å². The molecule has 2 aromatic heterocycles. The molecule has 4 rings (SSSR count). The van der Waals surface area contributed by atoms with Crippen molar-refractivity contribution in [1.29, 1.82) is 0 Å². The number of halogens is 3. The fraction of sp³-hybridized carbons (Fsp3) is 0.333. The van der Waals surface area contributed by atoms with Gasteiger partial charge in [0.25, 0.3) is 0 Å². The molecule has 8 nitrogen and oxygen atoms in total. The molecule has 12 heteroatoms. The molecule has 0 spiro atoms. The Labute approximate surface area is 191 Å². The zero-order chi connectivity index (χ0) is 23.8. The first-order valence-corrected chi connectivity index (χ1v) is 10.9. The van der Waals surface area contributed by atoms with Crippen molar-refractivity contribution in [1.82, 2.24) is 19.7 Å². The van der Waals surface area contributed by atoms with Crippen LogP contribution in [0, 0.1) is 13.8 Å². The second kappa shape index (κ2) is 8.93. The number of rotatable bonds is 6. The Hall–Kier alpha value is -3.28. The first-order chi connectivity index (χ1) is 15.6. The molecule has 174 valence electrons. The first-order valence-electron chi connectivity index (χ1n) is 9.91. The molecule has 0 unspecified atom stereocenters. The lowest BCUT2D eigenvalue weighted by Crippen LogP contribution is -2.14. The van der Waals surface area contributed by atoms with E-state index in [1.807, 2.05) is 6.92 Å². The monoisotopic (exact) mass is 479 g/mol. The second-order valence-corrected chi connectivity index (χ2v) is 8.36. The predicted octanol–water partition coefficient (Wildman–Crippen LogP) is 4.36. The maximum Gasteiger partial charge on any atom is 0.433 e. The van der Waals surface area contributed by atoms with E-state index in [1.54, 1.807) is 36.9 Å². The molecule has 33 heavy (non-hydrogen) atoms. The Morgan fingerprint density at radius 2 is 1.94 bits per heavy atom. The fourth-order valence-electron chi connectivity index (χ4n) is 3.23. The number of amides is 1. The van der Waals surface area contributed by atoms with Crippen molar-refractivity contribution in [3.05, 3.63) is 41.3 Å². The summed E-state index contributed by atoms with van der Waals surface area (Å²) in [7, 11) is 1.77. The molecule has 3 aromatic rings. The van der Waals surface area contributed by atoms with Gasteiger partial charge in [-0.3, -0.25) is 9.48 Å². The third kappa shape index (κ3) is 5.05. The van der Waals surface area contributed by atoms with Crippen LogP contribution in [0.25, 0.3) is 11.3 Å². The van der Waals surface area contributed by atoms with Gasteiger partial charge in [0.1, 0.15) is 5.69 Å². The lowest BCUT2D eigenvalue weighted by Gasteiger charge is -2.11. The van der Waals surface area contributed by atoms with Gasteiger partial charge in [-0.15, -0.1) is 0 Å². The molecule has 3 heterocycles. The van der Waals surface area contributed by atoms with Gasteiger partial charge in [0, 0.05) is 24.8 Å². The van der Waals surface area contributed by atoms with Crippen molar-refractivity contribution in [2.45, 2.75) is 31.6 Å². The molecule has 0 bridgehead atoms. The zero-order valence-corrected chi connectivity index (χ0v) is 18.8. The largest absolute Gasteiger partial charge is 0.454 e. The Kier molecular flexibility index (Phi) is 6.19. The number of nitrogens with one attached hydrogen (secondary N) is 1. The highest BCUT2D eigenvalue weighted by Gasteiger charge is 2.34. The van der Waals surface area contributed by atoms with Crippen LogP contribution in [0.4, 0.5) is 18.9 Å². The molecule has 0 radical (unpaired) electrons. The van der Waals surface area contributed by atoms with Crippen LogP contribution in [-0.4, -0.2) is 38.2 Å². The standard InChI is InChI=1S/C21H20F3N5O3S/c1-11-19(12(2)29(3)28-11)27-18(30)6-7-33-20-25-14(9-17(26-20)21(22,23)24)13-4-5-15-16(8-13)32-10-31-15/h4-5,8-9H,6-7,10H2,1-3H3,(H,27,30). The molecule has 1 aromatic carbocycles. The van der Waals surface area contributed by atoms with E-state index in [4.69, 9.17) is 9.47 Å². The van der Waals surface area contributed by atoms with Crippen LogP contribution in [0.3, 0.4) is 0 Å².